The van der Waals surface area contributed by atoms with Gasteiger partial charge in [0, 0.05) is 6.54 Å². The van der Waals surface area contributed by atoms with Gasteiger partial charge in [-0.1, -0.05) is 60.7 Å². The Morgan fingerprint density at radius 2 is 1.50 bits per heavy atom. The van der Waals surface area contributed by atoms with Crippen LogP contribution in [0.4, 0.5) is 0 Å². The molecule has 1 aliphatic heterocycles. The number of hydrogen-bond acceptors (Lipinski definition) is 3. The summed E-state index contributed by atoms with van der Waals surface area (Å²) >= 11 is 0. The molecular formula is C20H24N2O2. The minimum Gasteiger partial charge on any atom is -0.378 e. The minimum atomic E-state index is -1.14. The second-order valence-electron chi connectivity index (χ2n) is 6.29. The Bertz CT molecular complexity index is 639. The van der Waals surface area contributed by atoms with Crippen molar-refractivity contribution in [2.24, 2.45) is 0 Å². The van der Waals surface area contributed by atoms with Crippen molar-refractivity contribution in [2.75, 3.05) is 19.6 Å². The maximum absolute atomic E-state index is 12.5. The summed E-state index contributed by atoms with van der Waals surface area (Å²) in [6, 6.07) is 18.9. The number of nitrogens with zero attached hydrogens (tertiary/aromatic N) is 1. The van der Waals surface area contributed by atoms with E-state index >= 15 is 0 Å². The molecule has 2 aromatic carbocycles. The Morgan fingerprint density at radius 3 is 2.08 bits per heavy atom. The Kier molecular flexibility index (Phi) is 5.62. The Balaban J connectivity index is 1.72. The van der Waals surface area contributed by atoms with Gasteiger partial charge in [0.25, 0.3) is 5.91 Å². The Hall–Kier alpha value is -2.17. The monoisotopic (exact) mass is 324 g/mol. The van der Waals surface area contributed by atoms with Crippen molar-refractivity contribution in [1.29, 1.82) is 0 Å². The molecule has 0 aliphatic carbocycles. The van der Waals surface area contributed by atoms with Crippen LogP contribution in [0.2, 0.25) is 0 Å². The minimum absolute atomic E-state index is 0.116. The van der Waals surface area contributed by atoms with E-state index in [1.165, 1.54) is 12.8 Å². The lowest BCUT2D eigenvalue weighted by Crippen LogP contribution is -2.39. The van der Waals surface area contributed by atoms with E-state index in [-0.39, 0.29) is 11.9 Å². The molecule has 2 unspecified atom stereocenters. The zero-order chi connectivity index (χ0) is 16.8. The van der Waals surface area contributed by atoms with Crippen molar-refractivity contribution in [3.05, 3.63) is 71.8 Å². The third-order valence-electron chi connectivity index (χ3n) is 4.52. The van der Waals surface area contributed by atoms with E-state index in [4.69, 9.17) is 0 Å². The van der Waals surface area contributed by atoms with Crippen LogP contribution in [0.25, 0.3) is 0 Å². The smallest absolute Gasteiger partial charge is 0.254 e. The molecule has 2 N–H and O–H groups in total. The van der Waals surface area contributed by atoms with Crippen LogP contribution in [0.3, 0.4) is 0 Å². The van der Waals surface area contributed by atoms with Crippen LogP contribution >= 0.6 is 0 Å². The van der Waals surface area contributed by atoms with E-state index in [2.05, 4.69) is 10.2 Å². The first-order valence-corrected chi connectivity index (χ1v) is 8.55. The number of hydrogen-bond donors (Lipinski definition) is 2. The van der Waals surface area contributed by atoms with Gasteiger partial charge < -0.3 is 15.3 Å². The van der Waals surface area contributed by atoms with Gasteiger partial charge in [-0.15, -0.1) is 0 Å². The van der Waals surface area contributed by atoms with Gasteiger partial charge in [-0.2, -0.15) is 0 Å². The average Bonchev–Trinajstić information content (AvgIpc) is 3.15. The maximum atomic E-state index is 12.5. The molecule has 4 heteroatoms. The highest BCUT2D eigenvalue weighted by Crippen LogP contribution is 2.20. The molecule has 1 amide bonds. The lowest BCUT2D eigenvalue weighted by atomic mass is 10.0. The topological polar surface area (TPSA) is 52.6 Å². The Morgan fingerprint density at radius 1 is 0.958 bits per heavy atom. The van der Waals surface area contributed by atoms with Crippen LogP contribution in [0.1, 0.15) is 36.1 Å². The number of benzene rings is 2. The summed E-state index contributed by atoms with van der Waals surface area (Å²) in [5, 5.41) is 13.3. The quantitative estimate of drug-likeness (QED) is 0.859. The molecule has 1 saturated heterocycles. The van der Waals surface area contributed by atoms with Gasteiger partial charge in [-0.3, -0.25) is 4.79 Å². The summed E-state index contributed by atoms with van der Waals surface area (Å²) in [4.78, 5) is 14.9. The molecule has 1 heterocycles. The molecule has 4 nitrogen and oxygen atoms in total. The number of carbonyl (C=O) groups excluding carboxylic acids is 1. The maximum Gasteiger partial charge on any atom is 0.254 e. The molecule has 0 saturated carbocycles. The van der Waals surface area contributed by atoms with Gasteiger partial charge in [0.2, 0.25) is 0 Å². The standard InChI is InChI=1S/C20H24N2O2/c23-19(17-11-5-2-6-12-17)20(24)21-18(15-22-13-7-8-14-22)16-9-3-1-4-10-16/h1-6,9-12,18-19,23H,7-8,13-15H2,(H,21,24). The third kappa shape index (κ3) is 4.22. The van der Waals surface area contributed by atoms with Crippen LogP contribution < -0.4 is 5.32 Å². The lowest BCUT2D eigenvalue weighted by Gasteiger charge is -2.26. The van der Waals surface area contributed by atoms with E-state index in [1.54, 1.807) is 12.1 Å². The zero-order valence-electron chi connectivity index (χ0n) is 13.8. The van der Waals surface area contributed by atoms with Gasteiger partial charge in [0.1, 0.15) is 0 Å². The molecule has 0 spiro atoms. The number of carbonyl (C=O) groups is 1. The first kappa shape index (κ1) is 16.7. The SMILES string of the molecule is O=C(NC(CN1CCCC1)c1ccccc1)C(O)c1ccccc1. The van der Waals surface area contributed by atoms with Crippen LogP contribution in [0.5, 0.6) is 0 Å². The number of likely N-dealkylation sites (tertiary alicyclic amines) is 1. The van der Waals surface area contributed by atoms with Crippen molar-refractivity contribution in [3.8, 4) is 0 Å². The van der Waals surface area contributed by atoms with Crippen LogP contribution in [0, 0.1) is 0 Å². The lowest BCUT2D eigenvalue weighted by molar-refractivity contribution is -0.130. The van der Waals surface area contributed by atoms with Gasteiger partial charge in [-0.05, 0) is 37.1 Å². The second kappa shape index (κ2) is 8.08. The zero-order valence-corrected chi connectivity index (χ0v) is 13.8. The fourth-order valence-corrected chi connectivity index (χ4v) is 3.18. The Labute approximate surface area is 143 Å². The summed E-state index contributed by atoms with van der Waals surface area (Å²) in [6.45, 7) is 2.91. The molecule has 126 valence electrons. The first-order valence-electron chi connectivity index (χ1n) is 8.55. The van der Waals surface area contributed by atoms with E-state index in [0.717, 1.165) is 25.2 Å². The van der Waals surface area contributed by atoms with E-state index in [0.29, 0.717) is 5.56 Å². The van der Waals surface area contributed by atoms with Gasteiger partial charge >= 0.3 is 0 Å². The predicted molar refractivity (Wildman–Crippen MR) is 94.4 cm³/mol. The summed E-state index contributed by atoms with van der Waals surface area (Å²) in [5.74, 6) is -0.353. The molecule has 1 fully saturated rings. The van der Waals surface area contributed by atoms with Gasteiger partial charge in [0.15, 0.2) is 6.10 Å². The molecule has 2 atom stereocenters. The van der Waals surface area contributed by atoms with E-state index in [1.807, 2.05) is 48.5 Å². The largest absolute Gasteiger partial charge is 0.378 e. The highest BCUT2D eigenvalue weighted by Gasteiger charge is 2.24. The number of aliphatic hydroxyl groups excluding tert-OH is 1. The van der Waals surface area contributed by atoms with Gasteiger partial charge in [-0.25, -0.2) is 0 Å². The highest BCUT2D eigenvalue weighted by molar-refractivity contribution is 5.82. The number of amides is 1. The molecule has 24 heavy (non-hydrogen) atoms. The predicted octanol–water partition coefficient (Wildman–Crippen LogP) is 2.67. The van der Waals surface area contributed by atoms with E-state index in [9.17, 15) is 9.90 Å². The third-order valence-corrected chi connectivity index (χ3v) is 4.52. The summed E-state index contributed by atoms with van der Waals surface area (Å²) in [6.07, 6.45) is 1.28. The molecular weight excluding hydrogens is 300 g/mol. The van der Waals surface area contributed by atoms with Gasteiger partial charge in [0.05, 0.1) is 6.04 Å². The number of aliphatic hydroxyl groups is 1. The van der Waals surface area contributed by atoms with E-state index < -0.39 is 6.10 Å². The molecule has 0 radical (unpaired) electrons. The molecule has 0 aromatic heterocycles. The molecule has 2 aromatic rings. The second-order valence-corrected chi connectivity index (χ2v) is 6.29. The van der Waals surface area contributed by atoms with Crippen molar-refractivity contribution in [2.45, 2.75) is 25.0 Å². The summed E-state index contributed by atoms with van der Waals surface area (Å²) < 4.78 is 0. The van der Waals surface area contributed by atoms with Crippen LogP contribution in [0.15, 0.2) is 60.7 Å². The fourth-order valence-electron chi connectivity index (χ4n) is 3.18. The normalized spacial score (nSPS) is 17.4. The average molecular weight is 324 g/mol. The van der Waals surface area contributed by atoms with Crippen LogP contribution in [-0.2, 0) is 4.79 Å². The fraction of sp³-hybridized carbons (Fsp3) is 0.350. The highest BCUT2D eigenvalue weighted by atomic mass is 16.3. The molecule has 0 bridgehead atoms. The number of rotatable bonds is 6. The first-order chi connectivity index (χ1) is 11.7. The molecule has 3 rings (SSSR count). The van der Waals surface area contributed by atoms with Crippen LogP contribution in [-0.4, -0.2) is 35.5 Å². The molecule has 1 aliphatic rings. The van der Waals surface area contributed by atoms with Crippen molar-refractivity contribution >= 4 is 5.91 Å². The summed E-state index contributed by atoms with van der Waals surface area (Å²) in [5.41, 5.74) is 1.68. The van der Waals surface area contributed by atoms with Crippen molar-refractivity contribution in [3.63, 3.8) is 0 Å². The van der Waals surface area contributed by atoms with Crippen molar-refractivity contribution < 1.29 is 9.90 Å². The van der Waals surface area contributed by atoms with Crippen molar-refractivity contribution in [1.82, 2.24) is 10.2 Å². The number of nitrogens with one attached hydrogen (secondary N) is 1. The summed E-state index contributed by atoms with van der Waals surface area (Å²) in [7, 11) is 0.